The van der Waals surface area contributed by atoms with Gasteiger partial charge >= 0.3 is 12.0 Å². The number of carbonyl (C=O) groups excluding carboxylic acids is 1. The van der Waals surface area contributed by atoms with Crippen LogP contribution >= 0.6 is 0 Å². The Balaban J connectivity index is 4.19. The molecule has 0 saturated carbocycles. The second kappa shape index (κ2) is 7.91. The molecule has 0 aromatic carbocycles. The van der Waals surface area contributed by atoms with Gasteiger partial charge in [0, 0.05) is 12.8 Å². The first-order valence-corrected chi connectivity index (χ1v) is 7.77. The number of carbonyl (C=O) groups is 2. The van der Waals surface area contributed by atoms with Gasteiger partial charge in [0.2, 0.25) is 0 Å². The maximum absolute atomic E-state index is 11.3. The number of amides is 2. The molecule has 0 rings (SSSR count). The Morgan fingerprint density at radius 2 is 1.94 bits per heavy atom. The third-order valence-corrected chi connectivity index (χ3v) is 3.17. The number of nitrogens with one attached hydrogen (secondary N) is 2. The summed E-state index contributed by atoms with van der Waals surface area (Å²) in [6, 6.07) is -1.79. The van der Waals surface area contributed by atoms with E-state index in [4.69, 9.17) is 5.11 Å². The van der Waals surface area contributed by atoms with Crippen LogP contribution in [0.5, 0.6) is 0 Å². The molecule has 0 aliphatic carbocycles. The topological polar surface area (TPSA) is 113 Å². The molecule has 0 aromatic heterocycles. The molecule has 0 aromatic rings. The van der Waals surface area contributed by atoms with Gasteiger partial charge in [0.15, 0.2) is 0 Å². The molecule has 1 atom stereocenters. The van der Waals surface area contributed by atoms with Gasteiger partial charge in [-0.15, -0.1) is 0 Å². The second-order valence-electron chi connectivity index (χ2n) is 4.06. The first-order chi connectivity index (χ1) is 8.26. The van der Waals surface area contributed by atoms with Gasteiger partial charge < -0.3 is 15.7 Å². The Morgan fingerprint density at radius 1 is 1.33 bits per heavy atom. The number of sulfone groups is 1. The Morgan fingerprint density at radius 3 is 2.39 bits per heavy atom. The first-order valence-electron chi connectivity index (χ1n) is 5.71. The molecule has 106 valence electrons. The minimum atomic E-state index is -3.24. The van der Waals surface area contributed by atoms with Gasteiger partial charge in [-0.1, -0.05) is 13.3 Å². The number of urea groups is 1. The standard InChI is InChI=1S/C10H20N2O5S/c1-3-4-6-11-10(15)12-8(9(13)14)5-7-18(2,16)17/h8H,3-7H2,1-2H3,(H,13,14)(H2,11,12,15). The van der Waals surface area contributed by atoms with Crippen LogP contribution in [0.25, 0.3) is 0 Å². The van der Waals surface area contributed by atoms with Crippen molar-refractivity contribution in [3.05, 3.63) is 0 Å². The molecule has 18 heavy (non-hydrogen) atoms. The van der Waals surface area contributed by atoms with Gasteiger partial charge in [-0.25, -0.2) is 18.0 Å². The fourth-order valence-electron chi connectivity index (χ4n) is 1.18. The highest BCUT2D eigenvalue weighted by atomic mass is 32.2. The number of aliphatic carboxylic acids is 1. The predicted molar refractivity (Wildman–Crippen MR) is 67.2 cm³/mol. The zero-order valence-corrected chi connectivity index (χ0v) is 11.4. The summed E-state index contributed by atoms with van der Waals surface area (Å²) in [4.78, 5) is 22.2. The lowest BCUT2D eigenvalue weighted by molar-refractivity contribution is -0.139. The molecule has 0 saturated heterocycles. The van der Waals surface area contributed by atoms with Gasteiger partial charge in [0.1, 0.15) is 15.9 Å². The normalized spacial score (nSPS) is 12.8. The molecular formula is C10H20N2O5S. The van der Waals surface area contributed by atoms with Crippen molar-refractivity contribution in [2.75, 3.05) is 18.6 Å². The number of hydrogen-bond donors (Lipinski definition) is 3. The third-order valence-electron chi connectivity index (χ3n) is 2.20. The molecule has 0 radical (unpaired) electrons. The Labute approximate surface area is 107 Å². The number of carboxylic acids is 1. The first kappa shape index (κ1) is 16.7. The smallest absolute Gasteiger partial charge is 0.326 e. The highest BCUT2D eigenvalue weighted by Gasteiger charge is 2.21. The molecule has 8 heteroatoms. The molecule has 0 bridgehead atoms. The summed E-state index contributed by atoms with van der Waals surface area (Å²) in [6.07, 6.45) is 2.59. The highest BCUT2D eigenvalue weighted by molar-refractivity contribution is 7.90. The molecule has 0 aliphatic rings. The number of carboxylic acid groups (broad SMARTS) is 1. The number of rotatable bonds is 8. The van der Waals surface area contributed by atoms with E-state index >= 15 is 0 Å². The van der Waals surface area contributed by atoms with Gasteiger partial charge in [-0.2, -0.15) is 0 Å². The minimum Gasteiger partial charge on any atom is -0.480 e. The lowest BCUT2D eigenvalue weighted by Gasteiger charge is -2.14. The molecule has 0 aliphatic heterocycles. The van der Waals surface area contributed by atoms with E-state index in [1.807, 2.05) is 6.92 Å². The van der Waals surface area contributed by atoms with Gasteiger partial charge in [0.05, 0.1) is 5.75 Å². The summed E-state index contributed by atoms with van der Waals surface area (Å²) in [7, 11) is -3.24. The Hall–Kier alpha value is -1.31. The van der Waals surface area contributed by atoms with E-state index in [0.29, 0.717) is 6.54 Å². The molecule has 3 N–H and O–H groups in total. The molecule has 2 amide bonds. The van der Waals surface area contributed by atoms with Crippen LogP contribution in [-0.4, -0.2) is 50.1 Å². The van der Waals surface area contributed by atoms with Crippen LogP contribution in [0, 0.1) is 0 Å². The SMILES string of the molecule is CCCCNC(=O)NC(CCS(C)(=O)=O)C(=O)O. The van der Waals surface area contributed by atoms with Crippen molar-refractivity contribution in [3.63, 3.8) is 0 Å². The van der Waals surface area contributed by atoms with Gasteiger partial charge in [-0.05, 0) is 12.8 Å². The summed E-state index contributed by atoms with van der Waals surface area (Å²) in [5.74, 6) is -1.52. The zero-order chi connectivity index (χ0) is 14.2. The quantitative estimate of drug-likeness (QED) is 0.541. The fourth-order valence-corrected chi connectivity index (χ4v) is 1.84. The molecular weight excluding hydrogens is 260 g/mol. The summed E-state index contributed by atoms with van der Waals surface area (Å²) < 4.78 is 21.9. The Kier molecular flexibility index (Phi) is 7.33. The molecule has 0 spiro atoms. The third kappa shape index (κ3) is 8.80. The Bertz CT molecular complexity index is 380. The van der Waals surface area contributed by atoms with E-state index in [9.17, 15) is 18.0 Å². The van der Waals surface area contributed by atoms with E-state index < -0.39 is 27.9 Å². The fraction of sp³-hybridized carbons (Fsp3) is 0.800. The van der Waals surface area contributed by atoms with Crippen molar-refractivity contribution < 1.29 is 23.1 Å². The molecule has 0 fully saturated rings. The minimum absolute atomic E-state index is 0.143. The van der Waals surface area contributed by atoms with Crippen molar-refractivity contribution in [1.82, 2.24) is 10.6 Å². The van der Waals surface area contributed by atoms with E-state index in [2.05, 4.69) is 10.6 Å². The lowest BCUT2D eigenvalue weighted by atomic mass is 10.2. The van der Waals surface area contributed by atoms with Crippen LogP contribution in [0.3, 0.4) is 0 Å². The van der Waals surface area contributed by atoms with E-state index in [1.54, 1.807) is 0 Å². The molecule has 1 unspecified atom stereocenters. The van der Waals surface area contributed by atoms with Crippen molar-refractivity contribution in [3.8, 4) is 0 Å². The predicted octanol–water partition coefficient (Wildman–Crippen LogP) is -0.0264. The van der Waals surface area contributed by atoms with Crippen LogP contribution in [-0.2, 0) is 14.6 Å². The van der Waals surface area contributed by atoms with Crippen LogP contribution in [0.1, 0.15) is 26.2 Å². The average Bonchev–Trinajstić information content (AvgIpc) is 2.22. The zero-order valence-electron chi connectivity index (χ0n) is 10.6. The van der Waals surface area contributed by atoms with Gasteiger partial charge in [-0.3, -0.25) is 0 Å². The van der Waals surface area contributed by atoms with Crippen molar-refractivity contribution >= 4 is 21.8 Å². The van der Waals surface area contributed by atoms with Crippen LogP contribution < -0.4 is 10.6 Å². The van der Waals surface area contributed by atoms with Crippen molar-refractivity contribution in [1.29, 1.82) is 0 Å². The maximum Gasteiger partial charge on any atom is 0.326 e. The lowest BCUT2D eigenvalue weighted by Crippen LogP contribution is -2.46. The molecule has 0 heterocycles. The summed E-state index contributed by atoms with van der Waals surface area (Å²) >= 11 is 0. The van der Waals surface area contributed by atoms with E-state index in [0.717, 1.165) is 19.1 Å². The van der Waals surface area contributed by atoms with Crippen molar-refractivity contribution in [2.45, 2.75) is 32.2 Å². The van der Waals surface area contributed by atoms with E-state index in [1.165, 1.54) is 0 Å². The summed E-state index contributed by atoms with van der Waals surface area (Å²) in [6.45, 7) is 2.42. The maximum atomic E-state index is 11.3. The monoisotopic (exact) mass is 280 g/mol. The number of hydrogen-bond acceptors (Lipinski definition) is 4. The van der Waals surface area contributed by atoms with Crippen LogP contribution in [0.4, 0.5) is 4.79 Å². The highest BCUT2D eigenvalue weighted by Crippen LogP contribution is 1.97. The largest absolute Gasteiger partial charge is 0.480 e. The summed E-state index contributed by atoms with van der Waals surface area (Å²) in [5, 5.41) is 13.6. The molecule has 7 nitrogen and oxygen atoms in total. The number of unbranched alkanes of at least 4 members (excludes halogenated alkanes) is 1. The van der Waals surface area contributed by atoms with Gasteiger partial charge in [0.25, 0.3) is 0 Å². The average molecular weight is 280 g/mol. The second-order valence-corrected chi connectivity index (χ2v) is 6.32. The van der Waals surface area contributed by atoms with Crippen LogP contribution in [0.15, 0.2) is 0 Å². The summed E-state index contributed by atoms with van der Waals surface area (Å²) in [5.41, 5.74) is 0. The van der Waals surface area contributed by atoms with Crippen LogP contribution in [0.2, 0.25) is 0 Å². The van der Waals surface area contributed by atoms with E-state index in [-0.39, 0.29) is 12.2 Å². The van der Waals surface area contributed by atoms with Crippen molar-refractivity contribution in [2.24, 2.45) is 0 Å².